The first-order chi connectivity index (χ1) is 18.4. The molecule has 0 aromatic heterocycles. The number of likely N-dealkylation sites (tertiary alicyclic amines) is 1. The topological polar surface area (TPSA) is 107 Å². The molecule has 1 aliphatic heterocycles. The van der Waals surface area contributed by atoms with Gasteiger partial charge in [0.25, 0.3) is 0 Å². The Kier molecular flexibility index (Phi) is 12.0. The van der Waals surface area contributed by atoms with Crippen molar-refractivity contribution in [3.63, 3.8) is 0 Å². The fraction of sp³-hybridized carbons (Fsp3) is 0.355. The molecule has 3 N–H and O–H groups in total. The molecule has 3 aromatic rings. The largest absolute Gasteiger partial charge is 0.473 e. The predicted molar refractivity (Wildman–Crippen MR) is 146 cm³/mol. The molecular formula is C31H37NO6. The lowest BCUT2D eigenvalue weighted by Crippen LogP contribution is -2.35. The average molecular weight is 520 g/mol. The molecule has 4 rings (SSSR count). The molecule has 38 heavy (non-hydrogen) atoms. The van der Waals surface area contributed by atoms with Crippen molar-refractivity contribution >= 4 is 11.9 Å². The maximum atomic E-state index is 10.4. The van der Waals surface area contributed by atoms with Gasteiger partial charge in [-0.05, 0) is 61.4 Å². The van der Waals surface area contributed by atoms with E-state index in [1.54, 1.807) is 0 Å². The molecule has 3 aromatic carbocycles. The number of piperidine rings is 1. The molecule has 1 heterocycles. The number of hydrogen-bond acceptors (Lipinski definition) is 5. The monoisotopic (exact) mass is 519 g/mol. The summed E-state index contributed by atoms with van der Waals surface area (Å²) in [4.78, 5) is 20.7. The normalized spacial score (nSPS) is 14.9. The number of benzene rings is 3. The van der Waals surface area contributed by atoms with Crippen LogP contribution in [-0.2, 0) is 14.3 Å². The highest BCUT2D eigenvalue weighted by Crippen LogP contribution is 2.28. The molecule has 7 nitrogen and oxygen atoms in total. The van der Waals surface area contributed by atoms with E-state index in [9.17, 15) is 5.11 Å². The van der Waals surface area contributed by atoms with Crippen molar-refractivity contribution in [2.75, 3.05) is 26.2 Å². The number of carboxylic acids is 2. The van der Waals surface area contributed by atoms with Crippen molar-refractivity contribution in [2.24, 2.45) is 5.92 Å². The van der Waals surface area contributed by atoms with Crippen LogP contribution >= 0.6 is 0 Å². The van der Waals surface area contributed by atoms with Crippen LogP contribution in [0.3, 0.4) is 0 Å². The van der Waals surface area contributed by atoms with Gasteiger partial charge in [0, 0.05) is 13.2 Å². The standard InChI is InChI=1S/C29H35NO2.C2H2O4/c31-28(25-10-4-1-5-11-25)18-22-30-20-16-24(17-21-30)19-23-32-29(26-12-6-2-7-13-26)27-14-8-3-9-15-27;3-1(4)2(5)6/h1-15,24,28-29,31H,16-23H2;(H,3,4)(H,5,6)/t28-;/m1./s1. The van der Waals surface area contributed by atoms with E-state index < -0.39 is 11.9 Å². The lowest BCUT2D eigenvalue weighted by Gasteiger charge is -2.32. The van der Waals surface area contributed by atoms with Gasteiger partial charge in [-0.15, -0.1) is 0 Å². The van der Waals surface area contributed by atoms with Crippen LogP contribution in [0.2, 0.25) is 0 Å². The molecule has 1 aliphatic rings. The predicted octanol–water partition coefficient (Wildman–Crippen LogP) is 5.17. The number of aliphatic hydroxyl groups is 1. The molecule has 7 heteroatoms. The van der Waals surface area contributed by atoms with E-state index in [0.717, 1.165) is 50.6 Å². The number of ether oxygens (including phenoxy) is 1. The second-order valence-electron chi connectivity index (χ2n) is 9.47. The molecule has 0 aliphatic carbocycles. The van der Waals surface area contributed by atoms with Crippen LogP contribution in [0.5, 0.6) is 0 Å². The van der Waals surface area contributed by atoms with Crippen molar-refractivity contribution in [3.05, 3.63) is 108 Å². The fourth-order valence-corrected chi connectivity index (χ4v) is 4.64. The lowest BCUT2D eigenvalue weighted by molar-refractivity contribution is -0.159. The summed E-state index contributed by atoms with van der Waals surface area (Å²) < 4.78 is 6.43. The Balaban J connectivity index is 0.000000599. The van der Waals surface area contributed by atoms with Gasteiger partial charge in [0.2, 0.25) is 0 Å². The first-order valence-corrected chi connectivity index (χ1v) is 13.1. The fourth-order valence-electron chi connectivity index (χ4n) is 4.64. The summed E-state index contributed by atoms with van der Waals surface area (Å²) in [5.74, 6) is -2.93. The highest BCUT2D eigenvalue weighted by molar-refractivity contribution is 6.27. The minimum absolute atomic E-state index is 0.00281. The first-order valence-electron chi connectivity index (χ1n) is 13.1. The molecule has 202 valence electrons. The Labute approximate surface area is 224 Å². The van der Waals surface area contributed by atoms with E-state index in [1.807, 2.05) is 30.3 Å². The van der Waals surface area contributed by atoms with E-state index in [0.29, 0.717) is 0 Å². The molecule has 0 saturated carbocycles. The maximum Gasteiger partial charge on any atom is 0.414 e. The molecule has 0 spiro atoms. The van der Waals surface area contributed by atoms with Gasteiger partial charge < -0.3 is 25.0 Å². The number of nitrogens with zero attached hydrogens (tertiary/aromatic N) is 1. The Morgan fingerprint density at radius 2 is 1.21 bits per heavy atom. The molecule has 0 bridgehead atoms. The van der Waals surface area contributed by atoms with Crippen LogP contribution in [0, 0.1) is 5.92 Å². The molecule has 0 unspecified atom stereocenters. The van der Waals surface area contributed by atoms with E-state index in [2.05, 4.69) is 65.6 Å². The van der Waals surface area contributed by atoms with Crippen LogP contribution in [0.4, 0.5) is 0 Å². The number of carboxylic acid groups (broad SMARTS) is 2. The molecule has 1 fully saturated rings. The van der Waals surface area contributed by atoms with E-state index in [1.165, 1.54) is 24.0 Å². The number of hydrogen-bond donors (Lipinski definition) is 3. The lowest BCUT2D eigenvalue weighted by atomic mass is 9.93. The van der Waals surface area contributed by atoms with Crippen molar-refractivity contribution in [2.45, 2.75) is 37.9 Å². The van der Waals surface area contributed by atoms with Crippen molar-refractivity contribution in [1.29, 1.82) is 0 Å². The zero-order valence-corrected chi connectivity index (χ0v) is 21.6. The quantitative estimate of drug-likeness (QED) is 0.317. The molecule has 1 atom stereocenters. The zero-order valence-electron chi connectivity index (χ0n) is 21.6. The number of rotatable bonds is 10. The van der Waals surface area contributed by atoms with Crippen molar-refractivity contribution in [3.8, 4) is 0 Å². The van der Waals surface area contributed by atoms with Crippen LogP contribution in [0.1, 0.15) is 54.6 Å². The summed E-state index contributed by atoms with van der Waals surface area (Å²) in [6, 6.07) is 31.0. The minimum Gasteiger partial charge on any atom is -0.473 e. The van der Waals surface area contributed by atoms with Gasteiger partial charge in [-0.25, -0.2) is 9.59 Å². The van der Waals surface area contributed by atoms with Gasteiger partial charge in [-0.3, -0.25) is 0 Å². The second kappa shape index (κ2) is 15.7. The van der Waals surface area contributed by atoms with Crippen LogP contribution in [0.15, 0.2) is 91.0 Å². The number of carbonyl (C=O) groups is 2. The number of aliphatic hydroxyl groups excluding tert-OH is 1. The van der Waals surface area contributed by atoms with E-state index in [4.69, 9.17) is 24.5 Å². The Hall–Kier alpha value is -3.52. The Morgan fingerprint density at radius 3 is 1.66 bits per heavy atom. The summed E-state index contributed by atoms with van der Waals surface area (Å²) in [5.41, 5.74) is 3.45. The average Bonchev–Trinajstić information content (AvgIpc) is 2.96. The van der Waals surface area contributed by atoms with Gasteiger partial charge in [-0.2, -0.15) is 0 Å². The molecule has 0 radical (unpaired) electrons. The van der Waals surface area contributed by atoms with Gasteiger partial charge in [-0.1, -0.05) is 91.0 Å². The second-order valence-corrected chi connectivity index (χ2v) is 9.47. The molecule has 0 amide bonds. The summed E-state index contributed by atoms with van der Waals surface area (Å²) in [7, 11) is 0. The minimum atomic E-state index is -1.82. The van der Waals surface area contributed by atoms with Gasteiger partial charge >= 0.3 is 11.9 Å². The summed E-state index contributed by atoms with van der Waals surface area (Å²) in [5, 5.41) is 25.2. The summed E-state index contributed by atoms with van der Waals surface area (Å²) in [6.07, 6.45) is 3.97. The highest BCUT2D eigenvalue weighted by atomic mass is 16.5. The van der Waals surface area contributed by atoms with Gasteiger partial charge in [0.15, 0.2) is 0 Å². The molecule has 1 saturated heterocycles. The Morgan fingerprint density at radius 1 is 0.763 bits per heavy atom. The third kappa shape index (κ3) is 9.74. The summed E-state index contributed by atoms with van der Waals surface area (Å²) >= 11 is 0. The van der Waals surface area contributed by atoms with Crippen LogP contribution < -0.4 is 0 Å². The van der Waals surface area contributed by atoms with Crippen LogP contribution in [-0.4, -0.2) is 58.4 Å². The third-order valence-corrected chi connectivity index (χ3v) is 6.81. The van der Waals surface area contributed by atoms with E-state index >= 15 is 0 Å². The smallest absolute Gasteiger partial charge is 0.414 e. The summed E-state index contributed by atoms with van der Waals surface area (Å²) in [6.45, 7) is 3.98. The van der Waals surface area contributed by atoms with Crippen molar-refractivity contribution < 1.29 is 29.6 Å². The SMILES string of the molecule is O=C(O)C(=O)O.O[C@H](CCN1CCC(CCOC(c2ccccc2)c2ccccc2)CC1)c1ccccc1. The van der Waals surface area contributed by atoms with E-state index in [-0.39, 0.29) is 12.2 Å². The highest BCUT2D eigenvalue weighted by Gasteiger charge is 2.21. The van der Waals surface area contributed by atoms with Gasteiger partial charge in [0.1, 0.15) is 6.10 Å². The Bertz CT molecular complexity index is 1030. The van der Waals surface area contributed by atoms with Gasteiger partial charge in [0.05, 0.1) is 6.10 Å². The third-order valence-electron chi connectivity index (χ3n) is 6.81. The zero-order chi connectivity index (χ0) is 27.2. The number of aliphatic carboxylic acids is 2. The molecular weight excluding hydrogens is 482 g/mol. The van der Waals surface area contributed by atoms with Crippen LogP contribution in [0.25, 0.3) is 0 Å². The van der Waals surface area contributed by atoms with Crippen molar-refractivity contribution in [1.82, 2.24) is 4.90 Å². The first kappa shape index (κ1) is 29.0. The maximum absolute atomic E-state index is 10.4.